The quantitative estimate of drug-likeness (QED) is 0.455. The number of aromatic amines is 1. The molecule has 0 fully saturated rings. The van der Waals surface area contributed by atoms with Gasteiger partial charge in [-0.05, 0) is 12.1 Å². The van der Waals surface area contributed by atoms with Crippen LogP contribution >= 0.6 is 0 Å². The zero-order valence-corrected chi connectivity index (χ0v) is 9.92. The smallest absolute Gasteiger partial charge is 0.323 e. The molecule has 1 heterocycles. The van der Waals surface area contributed by atoms with Gasteiger partial charge in [-0.2, -0.15) is 0 Å². The maximum Gasteiger partial charge on any atom is 0.323 e. The number of guanidine groups is 1. The van der Waals surface area contributed by atoms with Crippen LogP contribution in [-0.2, 0) is 4.79 Å². The number of carboxylic acids is 1. The predicted octanol–water partition coefficient (Wildman–Crippen LogP) is 0.459. The average Bonchev–Trinajstić information content (AvgIpc) is 2.76. The maximum absolute atomic E-state index is 9.92. The van der Waals surface area contributed by atoms with E-state index in [-0.39, 0.29) is 12.5 Å². The third-order valence-corrected chi connectivity index (χ3v) is 2.11. The molecular weight excluding hydrogens is 234 g/mol. The lowest BCUT2D eigenvalue weighted by molar-refractivity contribution is -0.137. The Kier molecular flexibility index (Phi) is 4.67. The first kappa shape index (κ1) is 13.5. The molecule has 0 spiro atoms. The van der Waals surface area contributed by atoms with Crippen molar-refractivity contribution in [3.8, 4) is 0 Å². The number of nitrogens with one attached hydrogen (secondary N) is 2. The van der Waals surface area contributed by atoms with Gasteiger partial charge in [0, 0.05) is 7.05 Å². The van der Waals surface area contributed by atoms with E-state index in [9.17, 15) is 4.79 Å². The summed E-state index contributed by atoms with van der Waals surface area (Å²) in [4.78, 5) is 18.1. The van der Waals surface area contributed by atoms with Crippen molar-refractivity contribution < 1.29 is 9.90 Å². The van der Waals surface area contributed by atoms with Crippen LogP contribution in [0.5, 0.6) is 0 Å². The summed E-state index contributed by atoms with van der Waals surface area (Å²) in [5.74, 6) is -1.23. The molecule has 0 saturated heterocycles. The standard InChI is InChI=1S/C7H6N2.C4H9N3O2/c1-2-4-7-6(3-1)8-5-9-7;1-7(4(5)6)2-3(8)9/h1-5H,(H,8,9);2H2,1H3,(H3,5,6)(H,8,9). The molecule has 0 radical (unpaired) electrons. The minimum absolute atomic E-state index is 0.227. The van der Waals surface area contributed by atoms with Gasteiger partial charge in [-0.3, -0.25) is 10.2 Å². The van der Waals surface area contributed by atoms with Gasteiger partial charge in [0.25, 0.3) is 0 Å². The third-order valence-electron chi connectivity index (χ3n) is 2.11. The summed E-state index contributed by atoms with van der Waals surface area (Å²) < 4.78 is 0. The minimum atomic E-state index is -0.993. The third kappa shape index (κ3) is 4.12. The molecule has 5 N–H and O–H groups in total. The molecule has 0 aliphatic carbocycles. The van der Waals surface area contributed by atoms with Crippen LogP contribution in [0.4, 0.5) is 0 Å². The summed E-state index contributed by atoms with van der Waals surface area (Å²) >= 11 is 0. The van der Waals surface area contributed by atoms with Crippen molar-refractivity contribution in [3.05, 3.63) is 30.6 Å². The van der Waals surface area contributed by atoms with Crippen LogP contribution in [0.2, 0.25) is 0 Å². The molecule has 0 saturated carbocycles. The molecule has 0 bridgehead atoms. The maximum atomic E-state index is 9.92. The Labute approximate surface area is 104 Å². The molecule has 18 heavy (non-hydrogen) atoms. The van der Waals surface area contributed by atoms with Crippen molar-refractivity contribution in [3.63, 3.8) is 0 Å². The van der Waals surface area contributed by atoms with Gasteiger partial charge < -0.3 is 20.7 Å². The first-order valence-electron chi connectivity index (χ1n) is 5.15. The highest BCUT2D eigenvalue weighted by atomic mass is 16.4. The van der Waals surface area contributed by atoms with Gasteiger partial charge in [-0.1, -0.05) is 12.1 Å². The van der Waals surface area contributed by atoms with Gasteiger partial charge in [0.2, 0.25) is 0 Å². The van der Waals surface area contributed by atoms with E-state index in [0.717, 1.165) is 15.9 Å². The fourth-order valence-electron chi connectivity index (χ4n) is 1.17. The predicted molar refractivity (Wildman–Crippen MR) is 68.3 cm³/mol. The van der Waals surface area contributed by atoms with Crippen LogP contribution in [0, 0.1) is 5.41 Å². The van der Waals surface area contributed by atoms with E-state index in [2.05, 4.69) is 9.97 Å². The molecule has 96 valence electrons. The van der Waals surface area contributed by atoms with Crippen LogP contribution in [0.25, 0.3) is 11.0 Å². The molecule has 1 aromatic carbocycles. The molecule has 0 aliphatic heterocycles. The summed E-state index contributed by atoms with van der Waals surface area (Å²) in [6.45, 7) is -0.227. The summed E-state index contributed by atoms with van der Waals surface area (Å²) in [5, 5.41) is 14.9. The number of fused-ring (bicyclic) bond motifs is 1. The van der Waals surface area contributed by atoms with E-state index in [1.165, 1.54) is 7.05 Å². The Balaban J connectivity index is 0.000000180. The van der Waals surface area contributed by atoms with Crippen molar-refractivity contribution in [2.75, 3.05) is 13.6 Å². The monoisotopic (exact) mass is 249 g/mol. The van der Waals surface area contributed by atoms with Crippen LogP contribution < -0.4 is 5.73 Å². The second-order valence-electron chi connectivity index (χ2n) is 3.55. The van der Waals surface area contributed by atoms with E-state index in [4.69, 9.17) is 16.2 Å². The Morgan fingerprint density at radius 1 is 1.56 bits per heavy atom. The van der Waals surface area contributed by atoms with Gasteiger partial charge >= 0.3 is 5.97 Å². The second kappa shape index (κ2) is 6.24. The fourth-order valence-corrected chi connectivity index (χ4v) is 1.17. The molecule has 0 amide bonds. The molecule has 7 heteroatoms. The normalized spacial score (nSPS) is 9.39. The highest BCUT2D eigenvalue weighted by molar-refractivity contribution is 5.80. The second-order valence-corrected chi connectivity index (χ2v) is 3.55. The van der Waals surface area contributed by atoms with Crippen LogP contribution in [0.1, 0.15) is 0 Å². The number of hydrogen-bond donors (Lipinski definition) is 4. The number of carboxylic acid groups (broad SMARTS) is 1. The lowest BCUT2D eigenvalue weighted by Gasteiger charge is -2.12. The number of nitrogens with two attached hydrogens (primary N) is 1. The molecule has 7 nitrogen and oxygen atoms in total. The largest absolute Gasteiger partial charge is 0.480 e. The molecular formula is C11H15N5O2. The first-order valence-corrected chi connectivity index (χ1v) is 5.15. The van der Waals surface area contributed by atoms with Crippen molar-refractivity contribution in [2.24, 2.45) is 5.73 Å². The van der Waals surface area contributed by atoms with Crippen LogP contribution in [0.15, 0.2) is 30.6 Å². The van der Waals surface area contributed by atoms with E-state index in [0.29, 0.717) is 0 Å². The fraction of sp³-hybridized carbons (Fsp3) is 0.182. The van der Waals surface area contributed by atoms with Crippen molar-refractivity contribution >= 4 is 23.0 Å². The number of benzene rings is 1. The Hall–Kier alpha value is -2.57. The summed E-state index contributed by atoms with van der Waals surface area (Å²) in [6.07, 6.45) is 1.70. The summed E-state index contributed by atoms with van der Waals surface area (Å²) in [6, 6.07) is 7.94. The number of para-hydroxylation sites is 2. The van der Waals surface area contributed by atoms with E-state index in [1.54, 1.807) is 6.33 Å². The number of H-pyrrole nitrogens is 1. The van der Waals surface area contributed by atoms with E-state index >= 15 is 0 Å². The number of nitrogens with zero attached hydrogens (tertiary/aromatic N) is 2. The molecule has 2 aromatic rings. The number of hydrogen-bond acceptors (Lipinski definition) is 3. The van der Waals surface area contributed by atoms with Gasteiger partial charge in [-0.25, -0.2) is 4.98 Å². The summed E-state index contributed by atoms with van der Waals surface area (Å²) in [5.41, 5.74) is 7.05. The zero-order chi connectivity index (χ0) is 13.5. The van der Waals surface area contributed by atoms with Gasteiger partial charge in [0.1, 0.15) is 6.54 Å². The minimum Gasteiger partial charge on any atom is -0.480 e. The summed E-state index contributed by atoms with van der Waals surface area (Å²) in [7, 11) is 1.44. The molecule has 2 rings (SSSR count). The highest BCUT2D eigenvalue weighted by Gasteiger charge is 2.03. The van der Waals surface area contributed by atoms with Crippen LogP contribution in [-0.4, -0.2) is 45.5 Å². The average molecular weight is 249 g/mol. The molecule has 0 unspecified atom stereocenters. The van der Waals surface area contributed by atoms with Crippen molar-refractivity contribution in [1.29, 1.82) is 5.41 Å². The SMILES string of the molecule is CN(CC(=O)O)C(=N)N.c1ccc2[nH]cnc2c1. The molecule has 1 aromatic heterocycles. The lowest BCUT2D eigenvalue weighted by Crippen LogP contribution is -2.36. The number of likely N-dealkylation sites (N-methyl/N-ethyl adjacent to an activating group) is 1. The number of rotatable bonds is 2. The van der Waals surface area contributed by atoms with Crippen molar-refractivity contribution in [2.45, 2.75) is 0 Å². The number of carbonyl (C=O) groups is 1. The molecule has 0 atom stereocenters. The topological polar surface area (TPSA) is 119 Å². The number of aliphatic carboxylic acids is 1. The van der Waals surface area contributed by atoms with Crippen LogP contribution in [0.3, 0.4) is 0 Å². The zero-order valence-electron chi connectivity index (χ0n) is 9.92. The number of aromatic nitrogens is 2. The Morgan fingerprint density at radius 3 is 2.72 bits per heavy atom. The van der Waals surface area contributed by atoms with E-state index < -0.39 is 5.97 Å². The first-order chi connectivity index (χ1) is 8.50. The van der Waals surface area contributed by atoms with E-state index in [1.807, 2.05) is 24.3 Å². The highest BCUT2D eigenvalue weighted by Crippen LogP contribution is 2.05. The lowest BCUT2D eigenvalue weighted by atomic mass is 10.3. The number of imidazole rings is 1. The van der Waals surface area contributed by atoms with Gasteiger partial charge in [-0.15, -0.1) is 0 Å². The van der Waals surface area contributed by atoms with Gasteiger partial charge in [0.05, 0.1) is 17.4 Å². The Bertz CT molecular complexity index is 507. The van der Waals surface area contributed by atoms with Gasteiger partial charge in [0.15, 0.2) is 5.96 Å². The molecule has 0 aliphatic rings. The van der Waals surface area contributed by atoms with Crippen molar-refractivity contribution in [1.82, 2.24) is 14.9 Å². The Morgan fingerprint density at radius 2 is 2.22 bits per heavy atom.